The largest absolute Gasteiger partial charge is 0.468 e. The van der Waals surface area contributed by atoms with Gasteiger partial charge in [0.15, 0.2) is 0 Å². The zero-order valence-corrected chi connectivity index (χ0v) is 13.1. The maximum absolute atomic E-state index is 12.0. The molecule has 120 valence electrons. The number of rotatable bonds is 2. The summed E-state index contributed by atoms with van der Waals surface area (Å²) in [5, 5.41) is 0. The Bertz CT molecular complexity index is 388. The van der Waals surface area contributed by atoms with Crippen LogP contribution < -0.4 is 5.73 Å². The Kier molecular flexibility index (Phi) is 4.52. The lowest BCUT2D eigenvalue weighted by molar-refractivity contribution is -0.151. The molecule has 0 aromatic carbocycles. The predicted molar refractivity (Wildman–Crippen MR) is 79.9 cm³/mol. The molecular formula is C16H28N2O3. The van der Waals surface area contributed by atoms with Crippen molar-refractivity contribution in [2.24, 2.45) is 5.73 Å². The summed E-state index contributed by atoms with van der Waals surface area (Å²) in [6.45, 7) is 1.79. The number of esters is 1. The fourth-order valence-corrected chi connectivity index (χ4v) is 4.53. The normalized spacial score (nSPS) is 41.3. The first-order valence-electron chi connectivity index (χ1n) is 8.39. The average Bonchev–Trinajstić information content (AvgIpc) is 2.53. The number of hydrogen-bond donors (Lipinski definition) is 1. The molecule has 5 heteroatoms. The Balaban J connectivity index is 1.71. The topological polar surface area (TPSA) is 64.8 Å². The molecule has 1 saturated heterocycles. The van der Waals surface area contributed by atoms with E-state index in [9.17, 15) is 4.79 Å². The molecule has 4 unspecified atom stereocenters. The number of fused-ring (bicyclic) bond motifs is 1. The maximum Gasteiger partial charge on any atom is 0.325 e. The van der Waals surface area contributed by atoms with Crippen molar-refractivity contribution >= 4 is 5.97 Å². The quantitative estimate of drug-likeness (QED) is 0.781. The molecule has 3 aliphatic rings. The Morgan fingerprint density at radius 3 is 2.90 bits per heavy atom. The van der Waals surface area contributed by atoms with E-state index < -0.39 is 5.54 Å². The van der Waals surface area contributed by atoms with Gasteiger partial charge in [0.25, 0.3) is 0 Å². The van der Waals surface area contributed by atoms with Crippen molar-refractivity contribution in [2.45, 2.75) is 75.1 Å². The first-order valence-corrected chi connectivity index (χ1v) is 8.39. The molecule has 0 spiro atoms. The van der Waals surface area contributed by atoms with Gasteiger partial charge in [-0.05, 0) is 38.5 Å². The number of methoxy groups -OCH3 is 1. The molecule has 5 nitrogen and oxygen atoms in total. The molecule has 21 heavy (non-hydrogen) atoms. The van der Waals surface area contributed by atoms with Crippen LogP contribution in [0.15, 0.2) is 0 Å². The smallest absolute Gasteiger partial charge is 0.325 e. The second-order valence-corrected chi connectivity index (χ2v) is 6.90. The number of carbonyl (C=O) groups is 1. The Morgan fingerprint density at radius 1 is 1.29 bits per heavy atom. The van der Waals surface area contributed by atoms with Crippen LogP contribution in [-0.4, -0.2) is 54.9 Å². The molecule has 0 bridgehead atoms. The zero-order valence-electron chi connectivity index (χ0n) is 13.1. The van der Waals surface area contributed by atoms with Crippen molar-refractivity contribution in [3.05, 3.63) is 0 Å². The number of morpholine rings is 1. The first-order chi connectivity index (χ1) is 10.1. The highest BCUT2D eigenvalue weighted by Crippen LogP contribution is 2.36. The summed E-state index contributed by atoms with van der Waals surface area (Å²) in [5.41, 5.74) is 5.55. The van der Waals surface area contributed by atoms with Gasteiger partial charge in [0.05, 0.1) is 19.8 Å². The Morgan fingerprint density at radius 2 is 2.10 bits per heavy atom. The van der Waals surface area contributed by atoms with Crippen LogP contribution in [0.2, 0.25) is 0 Å². The van der Waals surface area contributed by atoms with Gasteiger partial charge >= 0.3 is 5.97 Å². The predicted octanol–water partition coefficient (Wildman–Crippen LogP) is 1.44. The number of ether oxygens (including phenoxy) is 2. The minimum Gasteiger partial charge on any atom is -0.468 e. The minimum atomic E-state index is -0.792. The summed E-state index contributed by atoms with van der Waals surface area (Å²) >= 11 is 0. The molecule has 1 aliphatic heterocycles. The van der Waals surface area contributed by atoms with E-state index in [-0.39, 0.29) is 5.97 Å². The lowest BCUT2D eigenvalue weighted by Crippen LogP contribution is -2.61. The van der Waals surface area contributed by atoms with Gasteiger partial charge in [0.1, 0.15) is 5.54 Å². The highest BCUT2D eigenvalue weighted by molar-refractivity contribution is 5.80. The van der Waals surface area contributed by atoms with Crippen molar-refractivity contribution in [3.8, 4) is 0 Å². The SMILES string of the molecule is COC(=O)C1(N)CCCC(N2CCOC3CCCCC32)C1. The van der Waals surface area contributed by atoms with Gasteiger partial charge in [0, 0.05) is 18.6 Å². The lowest BCUT2D eigenvalue weighted by atomic mass is 9.77. The maximum atomic E-state index is 12.0. The first kappa shape index (κ1) is 15.3. The van der Waals surface area contributed by atoms with Crippen LogP contribution in [0, 0.1) is 0 Å². The monoisotopic (exact) mass is 296 g/mol. The molecule has 2 N–H and O–H groups in total. The van der Waals surface area contributed by atoms with E-state index in [1.54, 1.807) is 0 Å². The van der Waals surface area contributed by atoms with Crippen LogP contribution in [0.5, 0.6) is 0 Å². The molecule has 2 aliphatic carbocycles. The van der Waals surface area contributed by atoms with Crippen molar-refractivity contribution in [1.82, 2.24) is 4.90 Å². The van der Waals surface area contributed by atoms with E-state index in [4.69, 9.17) is 15.2 Å². The summed E-state index contributed by atoms with van der Waals surface area (Å²) in [6, 6.07) is 0.926. The summed E-state index contributed by atoms with van der Waals surface area (Å²) < 4.78 is 10.9. The zero-order chi connectivity index (χ0) is 14.9. The second-order valence-electron chi connectivity index (χ2n) is 6.90. The standard InChI is InChI=1S/C16H28N2O3/c1-20-15(19)16(17)8-4-5-12(11-16)18-9-10-21-14-7-3-2-6-13(14)18/h12-14H,2-11,17H2,1H3. The summed E-state index contributed by atoms with van der Waals surface area (Å²) in [7, 11) is 1.44. The molecule has 1 heterocycles. The van der Waals surface area contributed by atoms with Crippen molar-refractivity contribution in [2.75, 3.05) is 20.3 Å². The molecule has 4 atom stereocenters. The molecule has 0 aromatic rings. The number of nitrogens with zero attached hydrogens (tertiary/aromatic N) is 1. The van der Waals surface area contributed by atoms with Crippen molar-refractivity contribution < 1.29 is 14.3 Å². The average molecular weight is 296 g/mol. The molecule has 3 fully saturated rings. The van der Waals surface area contributed by atoms with Crippen molar-refractivity contribution in [1.29, 1.82) is 0 Å². The fourth-order valence-electron chi connectivity index (χ4n) is 4.53. The third kappa shape index (κ3) is 2.96. The lowest BCUT2D eigenvalue weighted by Gasteiger charge is -2.50. The molecule has 0 aromatic heterocycles. The Hall–Kier alpha value is -0.650. The van der Waals surface area contributed by atoms with Crippen LogP contribution >= 0.6 is 0 Å². The van der Waals surface area contributed by atoms with Crippen LogP contribution in [0.25, 0.3) is 0 Å². The summed E-state index contributed by atoms with van der Waals surface area (Å²) in [5.74, 6) is -0.249. The number of carbonyl (C=O) groups excluding carboxylic acids is 1. The van der Waals surface area contributed by atoms with Crippen molar-refractivity contribution in [3.63, 3.8) is 0 Å². The van der Waals surface area contributed by atoms with E-state index in [1.807, 2.05) is 0 Å². The highest BCUT2D eigenvalue weighted by atomic mass is 16.5. The highest BCUT2D eigenvalue weighted by Gasteiger charge is 2.45. The van der Waals surface area contributed by atoms with Crippen LogP contribution in [0.3, 0.4) is 0 Å². The van der Waals surface area contributed by atoms with Gasteiger partial charge < -0.3 is 15.2 Å². The fraction of sp³-hybridized carbons (Fsp3) is 0.938. The van der Waals surface area contributed by atoms with E-state index in [0.717, 1.165) is 38.8 Å². The van der Waals surface area contributed by atoms with Gasteiger partial charge in [-0.2, -0.15) is 0 Å². The third-order valence-corrected chi connectivity index (χ3v) is 5.60. The number of nitrogens with two attached hydrogens (primary N) is 1. The van der Waals surface area contributed by atoms with Gasteiger partial charge in [-0.15, -0.1) is 0 Å². The molecule has 0 amide bonds. The molecule has 0 radical (unpaired) electrons. The Labute approximate surface area is 127 Å². The third-order valence-electron chi connectivity index (χ3n) is 5.60. The minimum absolute atomic E-state index is 0.249. The van der Waals surface area contributed by atoms with E-state index in [0.29, 0.717) is 18.2 Å². The molecule has 3 rings (SSSR count). The van der Waals surface area contributed by atoms with Crippen LogP contribution in [-0.2, 0) is 14.3 Å². The van der Waals surface area contributed by atoms with Gasteiger partial charge in [-0.25, -0.2) is 0 Å². The van der Waals surface area contributed by atoms with E-state index >= 15 is 0 Å². The molecular weight excluding hydrogens is 268 g/mol. The van der Waals surface area contributed by atoms with Gasteiger partial charge in [-0.1, -0.05) is 12.8 Å². The van der Waals surface area contributed by atoms with E-state index in [1.165, 1.54) is 32.8 Å². The summed E-state index contributed by atoms with van der Waals surface area (Å²) in [6.07, 6.45) is 8.97. The van der Waals surface area contributed by atoms with Gasteiger partial charge in [-0.3, -0.25) is 9.69 Å². The second kappa shape index (κ2) is 6.23. The van der Waals surface area contributed by atoms with E-state index in [2.05, 4.69) is 4.90 Å². The number of hydrogen-bond acceptors (Lipinski definition) is 5. The van der Waals surface area contributed by atoms with Crippen LogP contribution in [0.4, 0.5) is 0 Å². The van der Waals surface area contributed by atoms with Crippen LogP contribution in [0.1, 0.15) is 51.4 Å². The molecule has 2 saturated carbocycles. The van der Waals surface area contributed by atoms with Gasteiger partial charge in [0.2, 0.25) is 0 Å². The summed E-state index contributed by atoms with van der Waals surface area (Å²) in [4.78, 5) is 14.6.